The van der Waals surface area contributed by atoms with Crippen LogP contribution in [0.2, 0.25) is 0 Å². The molecule has 116 valence electrons. The summed E-state index contributed by atoms with van der Waals surface area (Å²) >= 11 is 0. The van der Waals surface area contributed by atoms with Gasteiger partial charge in [0, 0.05) is 11.6 Å². The maximum atomic E-state index is 12.4. The smallest absolute Gasteiger partial charge is 0.238 e. The van der Waals surface area contributed by atoms with Crippen molar-refractivity contribution in [1.82, 2.24) is 0 Å². The molecule has 0 spiro atoms. The molecule has 1 aliphatic rings. The number of anilines is 1. The van der Waals surface area contributed by atoms with Gasteiger partial charge in [0.15, 0.2) is 0 Å². The number of primary sulfonamides is 1. The molecule has 1 aromatic rings. The summed E-state index contributed by atoms with van der Waals surface area (Å²) in [5, 5.41) is 8.01. The molecule has 3 N–H and O–H groups in total. The minimum absolute atomic E-state index is 0.000237. The highest BCUT2D eigenvalue weighted by Gasteiger charge is 2.39. The fourth-order valence-corrected chi connectivity index (χ4v) is 3.85. The van der Waals surface area contributed by atoms with Crippen LogP contribution in [0.25, 0.3) is 0 Å². The standard InChI is InChI=1S/C15H22N2O3S/c1-10-9-11(6-7-13(10)21(16,19)20)17-14(18)12-5-4-8-15(12,2)3/h6-7,9,12H,4-5,8H2,1-3H3,(H,17,18)(H2,16,19,20). The van der Waals surface area contributed by atoms with Crippen molar-refractivity contribution in [1.29, 1.82) is 0 Å². The summed E-state index contributed by atoms with van der Waals surface area (Å²) in [4.78, 5) is 12.5. The van der Waals surface area contributed by atoms with E-state index < -0.39 is 10.0 Å². The Morgan fingerprint density at radius 3 is 2.52 bits per heavy atom. The zero-order valence-corrected chi connectivity index (χ0v) is 13.5. The van der Waals surface area contributed by atoms with Gasteiger partial charge in [-0.25, -0.2) is 13.6 Å². The lowest BCUT2D eigenvalue weighted by atomic mass is 9.81. The number of carbonyl (C=O) groups excluding carboxylic acids is 1. The largest absolute Gasteiger partial charge is 0.326 e. The molecule has 21 heavy (non-hydrogen) atoms. The number of rotatable bonds is 3. The van der Waals surface area contributed by atoms with Gasteiger partial charge < -0.3 is 5.32 Å². The van der Waals surface area contributed by atoms with Gasteiger partial charge in [0.05, 0.1) is 4.90 Å². The third kappa shape index (κ3) is 3.44. The van der Waals surface area contributed by atoms with Gasteiger partial charge in [-0.1, -0.05) is 20.3 Å². The maximum Gasteiger partial charge on any atom is 0.238 e. The third-order valence-electron chi connectivity index (χ3n) is 4.32. The van der Waals surface area contributed by atoms with Crippen molar-refractivity contribution in [3.05, 3.63) is 23.8 Å². The maximum absolute atomic E-state index is 12.4. The van der Waals surface area contributed by atoms with Crippen molar-refractivity contribution in [2.45, 2.75) is 44.9 Å². The van der Waals surface area contributed by atoms with Gasteiger partial charge in [0.25, 0.3) is 0 Å². The fraction of sp³-hybridized carbons (Fsp3) is 0.533. The summed E-state index contributed by atoms with van der Waals surface area (Å²) in [5.74, 6) is -0.00372. The molecule has 5 nitrogen and oxygen atoms in total. The van der Waals surface area contributed by atoms with Gasteiger partial charge in [0.1, 0.15) is 0 Å². The first-order chi connectivity index (χ1) is 9.61. The number of carbonyl (C=O) groups is 1. The van der Waals surface area contributed by atoms with E-state index in [4.69, 9.17) is 5.14 Å². The summed E-state index contributed by atoms with van der Waals surface area (Å²) in [6, 6.07) is 4.65. The zero-order chi connectivity index (χ0) is 15.8. The van der Waals surface area contributed by atoms with Crippen LogP contribution in [0.4, 0.5) is 5.69 Å². The van der Waals surface area contributed by atoms with Crippen LogP contribution in [0.5, 0.6) is 0 Å². The molecule has 2 rings (SSSR count). The molecule has 1 aromatic carbocycles. The molecular weight excluding hydrogens is 288 g/mol. The predicted octanol–water partition coefficient (Wildman–Crippen LogP) is 2.41. The molecular formula is C15H22N2O3S. The van der Waals surface area contributed by atoms with Crippen LogP contribution >= 0.6 is 0 Å². The molecule has 1 fully saturated rings. The second-order valence-electron chi connectivity index (χ2n) is 6.45. The molecule has 0 saturated heterocycles. The summed E-state index contributed by atoms with van der Waals surface area (Å²) in [6.45, 7) is 5.88. The van der Waals surface area contributed by atoms with E-state index in [-0.39, 0.29) is 22.1 Å². The predicted molar refractivity (Wildman–Crippen MR) is 82.3 cm³/mol. The minimum Gasteiger partial charge on any atom is -0.326 e. The van der Waals surface area contributed by atoms with E-state index in [1.165, 1.54) is 6.07 Å². The molecule has 1 saturated carbocycles. The van der Waals surface area contributed by atoms with E-state index in [0.717, 1.165) is 19.3 Å². The lowest BCUT2D eigenvalue weighted by Crippen LogP contribution is -2.30. The first-order valence-electron chi connectivity index (χ1n) is 7.05. The SMILES string of the molecule is Cc1cc(NC(=O)C2CCCC2(C)C)ccc1S(N)(=O)=O. The van der Waals surface area contributed by atoms with E-state index in [9.17, 15) is 13.2 Å². The van der Waals surface area contributed by atoms with Crippen LogP contribution in [0.15, 0.2) is 23.1 Å². The van der Waals surface area contributed by atoms with Crippen molar-refractivity contribution in [2.75, 3.05) is 5.32 Å². The number of sulfonamides is 1. The Labute approximate surface area is 126 Å². The van der Waals surface area contributed by atoms with E-state index in [1.807, 2.05) is 0 Å². The van der Waals surface area contributed by atoms with Crippen LogP contribution < -0.4 is 10.5 Å². The molecule has 1 amide bonds. The average molecular weight is 310 g/mol. The lowest BCUT2D eigenvalue weighted by Gasteiger charge is -2.26. The summed E-state index contributed by atoms with van der Waals surface area (Å²) < 4.78 is 22.7. The molecule has 1 aliphatic carbocycles. The highest BCUT2D eigenvalue weighted by Crippen LogP contribution is 2.43. The highest BCUT2D eigenvalue weighted by atomic mass is 32.2. The Morgan fingerprint density at radius 1 is 1.38 bits per heavy atom. The number of nitrogens with one attached hydrogen (secondary N) is 1. The quantitative estimate of drug-likeness (QED) is 0.898. The van der Waals surface area contributed by atoms with Crippen LogP contribution in [-0.2, 0) is 14.8 Å². The van der Waals surface area contributed by atoms with Crippen molar-refractivity contribution in [3.63, 3.8) is 0 Å². The normalized spacial score (nSPS) is 21.2. The van der Waals surface area contributed by atoms with Crippen LogP contribution in [0.1, 0.15) is 38.7 Å². The van der Waals surface area contributed by atoms with E-state index in [1.54, 1.807) is 19.1 Å². The van der Waals surface area contributed by atoms with Gasteiger partial charge in [-0.05, 0) is 48.9 Å². The molecule has 0 aromatic heterocycles. The molecule has 0 aliphatic heterocycles. The highest BCUT2D eigenvalue weighted by molar-refractivity contribution is 7.89. The second-order valence-corrected chi connectivity index (χ2v) is 7.98. The number of benzene rings is 1. The number of nitrogens with two attached hydrogens (primary N) is 1. The molecule has 0 heterocycles. The Bertz CT molecular complexity index is 665. The summed E-state index contributed by atoms with van der Waals surface area (Å²) in [5.41, 5.74) is 1.15. The molecule has 1 unspecified atom stereocenters. The first kappa shape index (κ1) is 16.0. The summed E-state index contributed by atoms with van der Waals surface area (Å²) in [6.07, 6.45) is 3.01. The number of hydrogen-bond acceptors (Lipinski definition) is 3. The zero-order valence-electron chi connectivity index (χ0n) is 12.6. The minimum atomic E-state index is -3.73. The van der Waals surface area contributed by atoms with Crippen molar-refractivity contribution >= 4 is 21.6 Å². The first-order valence-corrected chi connectivity index (χ1v) is 8.60. The lowest BCUT2D eigenvalue weighted by molar-refractivity contribution is -0.122. The molecule has 0 radical (unpaired) electrons. The number of hydrogen-bond donors (Lipinski definition) is 2. The van der Waals surface area contributed by atoms with Crippen molar-refractivity contribution in [2.24, 2.45) is 16.5 Å². The Kier molecular flexibility index (Phi) is 4.13. The topological polar surface area (TPSA) is 89.3 Å². The monoisotopic (exact) mass is 310 g/mol. The number of aryl methyl sites for hydroxylation is 1. The van der Waals surface area contributed by atoms with Gasteiger partial charge in [-0.3, -0.25) is 4.79 Å². The third-order valence-corrected chi connectivity index (χ3v) is 5.39. The van der Waals surface area contributed by atoms with Gasteiger partial charge in [0.2, 0.25) is 15.9 Å². The number of amides is 1. The molecule has 1 atom stereocenters. The van der Waals surface area contributed by atoms with Crippen LogP contribution in [0.3, 0.4) is 0 Å². The Hall–Kier alpha value is -1.40. The Balaban J connectivity index is 2.18. The van der Waals surface area contributed by atoms with Crippen LogP contribution in [-0.4, -0.2) is 14.3 Å². The fourth-order valence-electron chi connectivity index (χ4n) is 3.09. The van der Waals surface area contributed by atoms with Crippen LogP contribution in [0, 0.1) is 18.3 Å². The van der Waals surface area contributed by atoms with Crippen molar-refractivity contribution in [3.8, 4) is 0 Å². The van der Waals surface area contributed by atoms with E-state index in [0.29, 0.717) is 11.3 Å². The summed E-state index contributed by atoms with van der Waals surface area (Å²) in [7, 11) is -3.73. The van der Waals surface area contributed by atoms with Crippen molar-refractivity contribution < 1.29 is 13.2 Å². The molecule has 0 bridgehead atoms. The average Bonchev–Trinajstić information content (AvgIpc) is 2.67. The Morgan fingerprint density at radius 2 is 2.05 bits per heavy atom. The molecule has 6 heteroatoms. The van der Waals surface area contributed by atoms with E-state index >= 15 is 0 Å². The van der Waals surface area contributed by atoms with Gasteiger partial charge in [-0.15, -0.1) is 0 Å². The van der Waals surface area contributed by atoms with E-state index in [2.05, 4.69) is 19.2 Å². The van der Waals surface area contributed by atoms with Gasteiger partial charge >= 0.3 is 0 Å². The van der Waals surface area contributed by atoms with Gasteiger partial charge in [-0.2, -0.15) is 0 Å². The second kappa shape index (κ2) is 5.42.